The summed E-state index contributed by atoms with van der Waals surface area (Å²) >= 11 is 0. The maximum Gasteiger partial charge on any atom is 0.335 e. The molecule has 0 fully saturated rings. The van der Waals surface area contributed by atoms with Crippen molar-refractivity contribution in [3.8, 4) is 0 Å². The second-order valence-electron chi connectivity index (χ2n) is 10.7. The minimum Gasteiger partial charge on any atom is -0.779 e. The molecule has 0 aliphatic carbocycles. The van der Waals surface area contributed by atoms with E-state index in [1.165, 1.54) is 142 Å². The number of rotatable bonds is 7. The first kappa shape index (κ1) is 101. The van der Waals surface area contributed by atoms with E-state index in [-0.39, 0.29) is 14.9 Å². The van der Waals surface area contributed by atoms with Crippen LogP contribution in [0.1, 0.15) is 28.7 Å². The predicted octanol–water partition coefficient (Wildman–Crippen LogP) is 2.24. The second-order valence-corrected chi connectivity index (χ2v) is 27.8. The molecule has 3 aromatic rings. The van der Waals surface area contributed by atoms with E-state index in [2.05, 4.69) is 63.9 Å². The lowest BCUT2D eigenvalue weighted by Gasteiger charge is -2.04. The smallest absolute Gasteiger partial charge is 0.335 e. The van der Waals surface area contributed by atoms with Crippen LogP contribution in [0.5, 0.6) is 0 Å². The van der Waals surface area contributed by atoms with E-state index in [0.29, 0.717) is 6.16 Å². The van der Waals surface area contributed by atoms with Gasteiger partial charge in [0.15, 0.2) is 7.37 Å². The van der Waals surface area contributed by atoms with Crippen LogP contribution in [-0.2, 0) is 36.5 Å². The molecule has 8 unspecified atom stereocenters. The molecule has 3 aromatic heterocycles. The summed E-state index contributed by atoms with van der Waals surface area (Å²) < 4.78 is 83.3. The van der Waals surface area contributed by atoms with Gasteiger partial charge in [-0.3, -0.25) is 36.1 Å². The molecule has 21 N–H and O–H groups in total. The molecule has 30 nitrogen and oxygen atoms in total. The number of nitrogens with zero attached hydrogens (tertiary/aromatic N) is 5. The first-order valence-electron chi connectivity index (χ1n) is 18.3. The Morgan fingerprint density at radius 2 is 0.768 bits per heavy atom. The van der Waals surface area contributed by atoms with Crippen molar-refractivity contribution in [2.24, 2.45) is 28.7 Å². The lowest BCUT2D eigenvalue weighted by molar-refractivity contribution is -0.191. The normalized spacial score (nSPS) is 14.7. The van der Waals surface area contributed by atoms with Crippen LogP contribution >= 0.6 is 60.4 Å². The largest absolute Gasteiger partial charge is 0.779 e. The monoisotopic (exact) mass is 1170 g/mol. The average molecular weight is 1170 g/mol. The van der Waals surface area contributed by atoms with Crippen molar-refractivity contribution >= 4 is 60.4 Å². The van der Waals surface area contributed by atoms with Gasteiger partial charge in [-0.15, -0.1) is 0 Å². The van der Waals surface area contributed by atoms with E-state index in [0.717, 1.165) is 12.8 Å². The fourth-order valence-corrected chi connectivity index (χ4v) is 2.27. The van der Waals surface area contributed by atoms with Crippen LogP contribution in [0.3, 0.4) is 0 Å². The molecule has 0 aliphatic rings. The molecule has 0 aliphatic heterocycles. The van der Waals surface area contributed by atoms with Gasteiger partial charge in [0, 0.05) is 90.0 Å². The lowest BCUT2D eigenvalue weighted by Crippen LogP contribution is -1.98. The number of imidazole rings is 3. The van der Waals surface area contributed by atoms with Gasteiger partial charge in [-0.25, -0.2) is 30.2 Å². The third kappa shape index (κ3) is 146. The standard InChI is InChI=1S/2C4H7N2O2P.C3H4N2.C3H9O2P.C3H8OP.3C2H8NO2P.5CH5N.CH5O3P.2CH4/c2*1-9(7,8)6-3-2-5-4-6;1-2-5-3-4-1;1-3-6(2,4)5;1-3-5(2)4;3*1-3-6(2,4)5;5*1-2;1-5(2,3)4;;/h2*2-4H,1H3,(H,7,8);1-3H,(H,4,5);3H2,1-2H3,(H,4,5);3H2,1-2H3;3*1-2H3,(H2,3,4,5);5*2H2,1H3;1H3,(H2,2,3,4);2*1H4/q;;;;+1;;;;;;;;;;;/p-1. The van der Waals surface area contributed by atoms with Crippen LogP contribution in [0.15, 0.2) is 56.2 Å². The third-order valence-corrected chi connectivity index (χ3v) is 11.3. The fourth-order valence-electron chi connectivity index (χ4n) is 1.16. The van der Waals surface area contributed by atoms with Crippen LogP contribution in [-0.4, -0.2) is 185 Å². The molecule has 0 amide bonds. The van der Waals surface area contributed by atoms with E-state index < -0.39 is 60.4 Å². The van der Waals surface area contributed by atoms with Crippen molar-refractivity contribution in [1.29, 1.82) is 0 Å². The molecule has 0 bridgehead atoms. The Kier molecular flexibility index (Phi) is 91.6. The fraction of sp³-hybridized carbons (Fsp3) is 0.710. The Balaban J connectivity index is -0.0000000456. The van der Waals surface area contributed by atoms with Gasteiger partial charge in [-0.1, -0.05) is 26.3 Å². The Morgan fingerprint density at radius 1 is 0.565 bits per heavy atom. The molecular weight excluding hydrogens is 1070 g/mol. The molecule has 8 atom stereocenters. The van der Waals surface area contributed by atoms with E-state index >= 15 is 0 Å². The summed E-state index contributed by atoms with van der Waals surface area (Å²) in [7, 11) is -10.5. The van der Waals surface area contributed by atoms with Gasteiger partial charge >= 0.3 is 7.80 Å². The van der Waals surface area contributed by atoms with Crippen molar-refractivity contribution in [1.82, 2.24) is 43.9 Å². The maximum absolute atomic E-state index is 10.8. The van der Waals surface area contributed by atoms with E-state index in [9.17, 15) is 41.4 Å². The third-order valence-electron chi connectivity index (χ3n) is 4.52. The maximum atomic E-state index is 10.8. The summed E-state index contributed by atoms with van der Waals surface area (Å²) in [4.78, 5) is 81.3. The van der Waals surface area contributed by atoms with Crippen molar-refractivity contribution in [2.75, 3.05) is 122 Å². The second kappa shape index (κ2) is 62.8. The van der Waals surface area contributed by atoms with E-state index in [1.54, 1.807) is 32.3 Å². The minimum atomic E-state index is -3.89. The zero-order chi connectivity index (χ0) is 57.0. The van der Waals surface area contributed by atoms with Gasteiger partial charge in [0.2, 0.25) is 0 Å². The van der Waals surface area contributed by atoms with Crippen LogP contribution in [0, 0.1) is 0 Å². The van der Waals surface area contributed by atoms with Gasteiger partial charge in [0.05, 0.1) is 6.33 Å². The number of hydrogen-bond acceptors (Lipinski definition) is 17. The number of H-pyrrole nitrogens is 1. The van der Waals surface area contributed by atoms with Crippen LogP contribution in [0.2, 0.25) is 0 Å². The minimum absolute atomic E-state index is 0. The summed E-state index contributed by atoms with van der Waals surface area (Å²) in [5.74, 6) is 0. The Morgan fingerprint density at radius 3 is 0.812 bits per heavy atom. The van der Waals surface area contributed by atoms with Crippen LogP contribution < -0.4 is 48.8 Å². The highest BCUT2D eigenvalue weighted by Crippen LogP contribution is 2.37. The average Bonchev–Trinajstić information content (AvgIpc) is 4.08. The quantitative estimate of drug-likeness (QED) is 0.151. The SMILES string of the molecule is C.C.CCP(C)(=O)O.CC[P+](C)=O.CN.CN.CN.CN.CN.CNP(C)(=O)O.CNP(C)(=O)O.CNP(C)(=O)O.CP(=O)(O)n1ccnc1.CP(=O)(O)n1ccnc1.CP(=O)([O-])O.c1c[nH]cn1. The molecule has 0 radical (unpaired) electrons. The zero-order valence-electron chi connectivity index (χ0n) is 42.1. The van der Waals surface area contributed by atoms with Crippen molar-refractivity contribution in [3.63, 3.8) is 0 Å². The summed E-state index contributed by atoms with van der Waals surface area (Å²) in [5.41, 5.74) is 22.5. The van der Waals surface area contributed by atoms with E-state index in [4.69, 9.17) is 34.3 Å². The van der Waals surface area contributed by atoms with Crippen LogP contribution in [0.25, 0.3) is 0 Å². The number of aromatic amines is 1. The number of nitrogens with one attached hydrogen (secondary N) is 4. The Hall–Kier alpha value is -1.30. The Labute approximate surface area is 414 Å². The van der Waals surface area contributed by atoms with Gasteiger partial charge in [0.25, 0.3) is 37.6 Å². The lowest BCUT2D eigenvalue weighted by atomic mass is 11.0. The van der Waals surface area contributed by atoms with Gasteiger partial charge < -0.3 is 77.4 Å². The molecule has 69 heavy (non-hydrogen) atoms. The highest BCUT2D eigenvalue weighted by atomic mass is 31.2. The van der Waals surface area contributed by atoms with Crippen LogP contribution in [0.4, 0.5) is 0 Å². The van der Waals surface area contributed by atoms with Gasteiger partial charge in [-0.2, -0.15) is 0 Å². The highest BCUT2D eigenvalue weighted by Gasteiger charge is 2.10. The molecule has 3 rings (SSSR count). The van der Waals surface area contributed by atoms with Crippen molar-refractivity contribution in [3.05, 3.63) is 56.2 Å². The Bertz CT molecular complexity index is 1560. The highest BCUT2D eigenvalue weighted by molar-refractivity contribution is 7.57. The molecule has 0 saturated heterocycles. The number of aromatic nitrogens is 6. The first-order valence-corrected chi connectivity index (χ1v) is 34.9. The molecule has 426 valence electrons. The zero-order valence-corrected chi connectivity index (χ0v) is 49.3. The van der Waals surface area contributed by atoms with Gasteiger partial charge in [-0.05, 0) is 63.3 Å². The van der Waals surface area contributed by atoms with Gasteiger partial charge in [0.1, 0.15) is 33.1 Å². The first-order chi connectivity index (χ1) is 30.2. The molecule has 38 heteroatoms. The molecule has 0 aromatic carbocycles. The molecular formula is C31H96N14O16P8. The number of nitrogens with two attached hydrogens (primary N) is 5. The summed E-state index contributed by atoms with van der Waals surface area (Å²) in [6.07, 6.45) is 14.8. The molecule has 3 heterocycles. The van der Waals surface area contributed by atoms with Crippen molar-refractivity contribution < 1.29 is 75.7 Å². The van der Waals surface area contributed by atoms with Crippen molar-refractivity contribution in [2.45, 2.75) is 28.7 Å². The summed E-state index contributed by atoms with van der Waals surface area (Å²) in [5, 5.41) is 6.65. The topological polar surface area (TPSA) is 532 Å². The predicted molar refractivity (Wildman–Crippen MR) is 290 cm³/mol. The van der Waals surface area contributed by atoms with E-state index in [1.807, 2.05) is 6.92 Å². The molecule has 0 spiro atoms. The summed E-state index contributed by atoms with van der Waals surface area (Å²) in [6, 6.07) is 0. The summed E-state index contributed by atoms with van der Waals surface area (Å²) in [6.45, 7) is 13.7. The molecule has 0 saturated carbocycles. The number of hydrogen-bond donors (Lipinski definition) is 16.